The normalized spacial score (nSPS) is 14.1. The lowest BCUT2D eigenvalue weighted by atomic mass is 10.1. The Bertz CT molecular complexity index is 598. The van der Waals surface area contributed by atoms with Crippen LogP contribution in [0.1, 0.15) is 36.1 Å². The highest BCUT2D eigenvalue weighted by molar-refractivity contribution is 5.47. The maximum absolute atomic E-state index is 5.07. The van der Waals surface area contributed by atoms with E-state index in [1.165, 1.54) is 30.5 Å². The minimum Gasteiger partial charge on any atom is -0.481 e. The van der Waals surface area contributed by atoms with E-state index in [4.69, 9.17) is 4.74 Å². The molecule has 1 aliphatic carbocycles. The summed E-state index contributed by atoms with van der Waals surface area (Å²) in [5.41, 5.74) is 3.60. The van der Waals surface area contributed by atoms with Crippen LogP contribution in [-0.2, 0) is 19.4 Å². The van der Waals surface area contributed by atoms with Crippen LogP contribution < -0.4 is 10.1 Å². The quantitative estimate of drug-likeness (QED) is 0.875. The van der Waals surface area contributed by atoms with Gasteiger partial charge >= 0.3 is 0 Å². The molecule has 0 spiro atoms. The van der Waals surface area contributed by atoms with E-state index >= 15 is 0 Å². The van der Waals surface area contributed by atoms with Crippen LogP contribution in [0.15, 0.2) is 24.7 Å². The summed E-state index contributed by atoms with van der Waals surface area (Å²) < 4.78 is 5.07. The molecule has 110 valence electrons. The molecule has 5 nitrogen and oxygen atoms in total. The first kappa shape index (κ1) is 13.8. The van der Waals surface area contributed by atoms with Gasteiger partial charge in [-0.25, -0.2) is 15.0 Å². The zero-order chi connectivity index (χ0) is 14.5. The molecule has 1 aliphatic rings. The van der Waals surface area contributed by atoms with Crippen molar-refractivity contribution in [3.05, 3.63) is 41.5 Å². The Morgan fingerprint density at radius 3 is 2.81 bits per heavy atom. The molecule has 3 rings (SSSR count). The molecular weight excluding hydrogens is 264 g/mol. The molecule has 0 bridgehead atoms. The van der Waals surface area contributed by atoms with Gasteiger partial charge in [-0.2, -0.15) is 0 Å². The molecule has 0 radical (unpaired) electrons. The van der Waals surface area contributed by atoms with Crippen LogP contribution >= 0.6 is 0 Å². The summed E-state index contributed by atoms with van der Waals surface area (Å²) >= 11 is 0. The first-order valence-corrected chi connectivity index (χ1v) is 7.42. The summed E-state index contributed by atoms with van der Waals surface area (Å²) in [6.07, 6.45) is 9.35. The van der Waals surface area contributed by atoms with Crippen LogP contribution in [0.3, 0.4) is 0 Å². The van der Waals surface area contributed by atoms with Gasteiger partial charge in [0.15, 0.2) is 0 Å². The fraction of sp³-hybridized carbons (Fsp3) is 0.438. The van der Waals surface area contributed by atoms with Crippen molar-refractivity contribution in [2.75, 3.05) is 12.4 Å². The molecule has 0 saturated carbocycles. The summed E-state index contributed by atoms with van der Waals surface area (Å²) in [6, 6.07) is 3.89. The Hall–Kier alpha value is -2.17. The number of ether oxygens (including phenoxy) is 1. The molecule has 21 heavy (non-hydrogen) atoms. The first-order valence-electron chi connectivity index (χ1n) is 7.42. The van der Waals surface area contributed by atoms with Gasteiger partial charge in [0.2, 0.25) is 5.88 Å². The molecule has 0 fully saturated rings. The third-order valence-electron chi connectivity index (χ3n) is 3.84. The van der Waals surface area contributed by atoms with E-state index in [0.717, 1.165) is 24.2 Å². The standard InChI is InChI=1S/C16H20N4O/c1-21-15-8-7-12(9-17-15)10-18-16-13-5-3-2-4-6-14(13)19-11-20-16/h7-9,11H,2-6,10H2,1H3,(H,18,19,20). The van der Waals surface area contributed by atoms with Crippen molar-refractivity contribution in [1.82, 2.24) is 15.0 Å². The molecule has 0 amide bonds. The van der Waals surface area contributed by atoms with Crippen LogP contribution in [-0.4, -0.2) is 22.1 Å². The molecule has 0 aromatic carbocycles. The molecular formula is C16H20N4O. The number of methoxy groups -OCH3 is 1. The highest BCUT2D eigenvalue weighted by Gasteiger charge is 2.14. The summed E-state index contributed by atoms with van der Waals surface area (Å²) in [5.74, 6) is 1.60. The summed E-state index contributed by atoms with van der Waals surface area (Å²) in [4.78, 5) is 13.1. The van der Waals surface area contributed by atoms with Crippen molar-refractivity contribution >= 4 is 5.82 Å². The van der Waals surface area contributed by atoms with Gasteiger partial charge in [0.1, 0.15) is 12.1 Å². The van der Waals surface area contributed by atoms with Crippen molar-refractivity contribution in [2.24, 2.45) is 0 Å². The molecule has 0 unspecified atom stereocenters. The Morgan fingerprint density at radius 2 is 2.00 bits per heavy atom. The van der Waals surface area contributed by atoms with E-state index in [1.807, 2.05) is 18.3 Å². The Kier molecular flexibility index (Phi) is 4.28. The Balaban J connectivity index is 1.72. The third kappa shape index (κ3) is 3.29. The van der Waals surface area contributed by atoms with E-state index in [0.29, 0.717) is 12.4 Å². The number of pyridine rings is 1. The molecule has 0 saturated heterocycles. The molecule has 5 heteroatoms. The van der Waals surface area contributed by atoms with Crippen LogP contribution in [0, 0.1) is 0 Å². The minimum absolute atomic E-state index is 0.634. The maximum atomic E-state index is 5.07. The van der Waals surface area contributed by atoms with Gasteiger partial charge < -0.3 is 10.1 Å². The second-order valence-corrected chi connectivity index (χ2v) is 5.27. The van der Waals surface area contributed by atoms with Gasteiger partial charge in [0, 0.05) is 30.1 Å². The summed E-state index contributed by atoms with van der Waals surface area (Å²) in [5, 5.41) is 3.42. The Morgan fingerprint density at radius 1 is 1.10 bits per heavy atom. The average Bonchev–Trinajstić information content (AvgIpc) is 2.79. The number of anilines is 1. The molecule has 0 aliphatic heterocycles. The molecule has 0 atom stereocenters. The number of hydrogen-bond acceptors (Lipinski definition) is 5. The number of rotatable bonds is 4. The van der Waals surface area contributed by atoms with Gasteiger partial charge in [-0.05, 0) is 31.2 Å². The maximum Gasteiger partial charge on any atom is 0.212 e. The van der Waals surface area contributed by atoms with Gasteiger partial charge in [-0.3, -0.25) is 0 Å². The molecule has 2 heterocycles. The van der Waals surface area contributed by atoms with Gasteiger partial charge in [-0.1, -0.05) is 12.5 Å². The SMILES string of the molecule is COc1ccc(CNc2ncnc3c2CCCCC3)cn1. The van der Waals surface area contributed by atoms with E-state index < -0.39 is 0 Å². The van der Waals surface area contributed by atoms with E-state index in [1.54, 1.807) is 13.4 Å². The van der Waals surface area contributed by atoms with Crippen LogP contribution in [0.2, 0.25) is 0 Å². The van der Waals surface area contributed by atoms with Crippen LogP contribution in [0.5, 0.6) is 5.88 Å². The smallest absolute Gasteiger partial charge is 0.212 e. The second kappa shape index (κ2) is 6.52. The van der Waals surface area contributed by atoms with E-state index in [9.17, 15) is 0 Å². The van der Waals surface area contributed by atoms with Crippen LogP contribution in [0.25, 0.3) is 0 Å². The lowest BCUT2D eigenvalue weighted by Crippen LogP contribution is -2.08. The number of aryl methyl sites for hydroxylation is 1. The molecule has 2 aromatic heterocycles. The minimum atomic E-state index is 0.634. The van der Waals surface area contributed by atoms with Crippen molar-refractivity contribution in [2.45, 2.75) is 38.6 Å². The molecule has 2 aromatic rings. The van der Waals surface area contributed by atoms with Gasteiger partial charge in [0.25, 0.3) is 0 Å². The van der Waals surface area contributed by atoms with Crippen LogP contribution in [0.4, 0.5) is 5.82 Å². The number of nitrogens with one attached hydrogen (secondary N) is 1. The lowest BCUT2D eigenvalue weighted by molar-refractivity contribution is 0.397. The summed E-state index contributed by atoms with van der Waals surface area (Å²) in [7, 11) is 1.62. The van der Waals surface area contributed by atoms with Crippen molar-refractivity contribution in [3.8, 4) is 5.88 Å². The van der Waals surface area contributed by atoms with Crippen molar-refractivity contribution in [1.29, 1.82) is 0 Å². The number of aromatic nitrogens is 3. The number of hydrogen-bond donors (Lipinski definition) is 1. The average molecular weight is 284 g/mol. The van der Waals surface area contributed by atoms with Crippen molar-refractivity contribution in [3.63, 3.8) is 0 Å². The first-order chi connectivity index (χ1) is 10.4. The highest BCUT2D eigenvalue weighted by atomic mass is 16.5. The monoisotopic (exact) mass is 284 g/mol. The third-order valence-corrected chi connectivity index (χ3v) is 3.84. The topological polar surface area (TPSA) is 59.9 Å². The highest BCUT2D eigenvalue weighted by Crippen LogP contribution is 2.24. The van der Waals surface area contributed by atoms with Gasteiger partial charge in [0.05, 0.1) is 7.11 Å². The lowest BCUT2D eigenvalue weighted by Gasteiger charge is -2.12. The predicted molar refractivity (Wildman–Crippen MR) is 81.4 cm³/mol. The van der Waals surface area contributed by atoms with E-state index in [-0.39, 0.29) is 0 Å². The number of fused-ring (bicyclic) bond motifs is 1. The zero-order valence-corrected chi connectivity index (χ0v) is 12.3. The zero-order valence-electron chi connectivity index (χ0n) is 12.3. The predicted octanol–water partition coefficient (Wildman–Crippen LogP) is 2.76. The summed E-state index contributed by atoms with van der Waals surface area (Å²) in [6.45, 7) is 0.709. The number of nitrogens with zero attached hydrogens (tertiary/aromatic N) is 3. The largest absolute Gasteiger partial charge is 0.481 e. The van der Waals surface area contributed by atoms with E-state index in [2.05, 4.69) is 20.3 Å². The molecule has 1 N–H and O–H groups in total. The fourth-order valence-corrected chi connectivity index (χ4v) is 2.67. The fourth-order valence-electron chi connectivity index (χ4n) is 2.67. The van der Waals surface area contributed by atoms with Crippen molar-refractivity contribution < 1.29 is 4.74 Å². The van der Waals surface area contributed by atoms with Gasteiger partial charge in [-0.15, -0.1) is 0 Å². The Labute approximate surface area is 124 Å². The second-order valence-electron chi connectivity index (χ2n) is 5.27.